The molecule has 0 aromatic heterocycles. The Labute approximate surface area is 176 Å². The van der Waals surface area contributed by atoms with E-state index in [1.807, 2.05) is 6.92 Å². The van der Waals surface area contributed by atoms with Crippen molar-refractivity contribution < 1.29 is 27.8 Å². The number of rotatable bonds is 5. The molecule has 0 saturated heterocycles. The van der Waals surface area contributed by atoms with Crippen molar-refractivity contribution in [1.29, 1.82) is 0 Å². The summed E-state index contributed by atoms with van der Waals surface area (Å²) in [5.74, 6) is -0.859. The highest BCUT2D eigenvalue weighted by molar-refractivity contribution is 6.31. The number of alkyl halides is 3. The molecule has 9 heteroatoms. The monoisotopic (exact) mass is 440 g/mol. The lowest BCUT2D eigenvalue weighted by Gasteiger charge is -2.32. The second kappa shape index (κ2) is 8.28. The molecule has 1 atom stereocenters. The molecule has 0 saturated carbocycles. The quantitative estimate of drug-likeness (QED) is 0.745. The van der Waals surface area contributed by atoms with Gasteiger partial charge in [0.05, 0.1) is 12.1 Å². The van der Waals surface area contributed by atoms with Crippen LogP contribution in [0.25, 0.3) is 0 Å². The molecule has 2 aromatic carbocycles. The summed E-state index contributed by atoms with van der Waals surface area (Å²) in [6.45, 7) is 2.94. The standard InChI is InChI=1S/C21H20ClF3N2O3/c1-3-14-4-6-15(7-5-14)18-11-20(29,21(23,24)25)27(26-18)19(28)12-30-16-8-9-17(22)13(2)10-16/h4-10,29H,3,11-12H2,1-2H3/t20-/m1/s1. The first-order valence-electron chi connectivity index (χ1n) is 9.23. The summed E-state index contributed by atoms with van der Waals surface area (Å²) in [4.78, 5) is 12.5. The Kier molecular flexibility index (Phi) is 6.10. The maximum absolute atomic E-state index is 13.7. The summed E-state index contributed by atoms with van der Waals surface area (Å²) < 4.78 is 46.2. The van der Waals surface area contributed by atoms with Crippen LogP contribution in [0.2, 0.25) is 5.02 Å². The van der Waals surface area contributed by atoms with E-state index in [2.05, 4.69) is 5.10 Å². The first-order chi connectivity index (χ1) is 14.0. The molecule has 5 nitrogen and oxygen atoms in total. The summed E-state index contributed by atoms with van der Waals surface area (Å²) in [6.07, 6.45) is -5.20. The number of halogens is 4. The van der Waals surface area contributed by atoms with Gasteiger partial charge in [0.15, 0.2) is 6.61 Å². The first-order valence-corrected chi connectivity index (χ1v) is 9.61. The molecule has 1 N–H and O–H groups in total. The summed E-state index contributed by atoms with van der Waals surface area (Å²) in [6, 6.07) is 11.4. The van der Waals surface area contributed by atoms with E-state index in [0.717, 1.165) is 12.0 Å². The zero-order valence-electron chi connectivity index (χ0n) is 16.3. The molecule has 0 unspecified atom stereocenters. The molecule has 0 fully saturated rings. The first kappa shape index (κ1) is 22.1. The van der Waals surface area contributed by atoms with Gasteiger partial charge in [0, 0.05) is 5.02 Å². The minimum atomic E-state index is -5.10. The normalized spacial score (nSPS) is 19.0. The van der Waals surface area contributed by atoms with E-state index in [0.29, 0.717) is 16.1 Å². The third-order valence-corrected chi connectivity index (χ3v) is 5.29. The molecule has 0 spiro atoms. The van der Waals surface area contributed by atoms with Crippen LogP contribution < -0.4 is 4.74 Å². The maximum atomic E-state index is 13.7. The Morgan fingerprint density at radius 3 is 2.50 bits per heavy atom. The number of amides is 1. The number of nitrogens with zero attached hydrogens (tertiary/aromatic N) is 2. The lowest BCUT2D eigenvalue weighted by molar-refractivity contribution is -0.302. The number of hydrazone groups is 1. The molecule has 1 heterocycles. The Morgan fingerprint density at radius 1 is 1.27 bits per heavy atom. The smallest absolute Gasteiger partial charge is 0.438 e. The molecule has 0 aliphatic carbocycles. The fourth-order valence-electron chi connectivity index (χ4n) is 3.04. The van der Waals surface area contributed by atoms with Crippen LogP contribution in [0.1, 0.15) is 30.0 Å². The van der Waals surface area contributed by atoms with Gasteiger partial charge in [-0.1, -0.05) is 42.8 Å². The van der Waals surface area contributed by atoms with Gasteiger partial charge in [-0.15, -0.1) is 0 Å². The predicted octanol–water partition coefficient (Wildman–Crippen LogP) is 4.48. The van der Waals surface area contributed by atoms with E-state index in [1.54, 1.807) is 43.3 Å². The Balaban J connectivity index is 1.84. The van der Waals surface area contributed by atoms with Crippen molar-refractivity contribution in [3.63, 3.8) is 0 Å². The summed E-state index contributed by atoms with van der Waals surface area (Å²) >= 11 is 5.92. The second-order valence-corrected chi connectivity index (χ2v) is 7.40. The van der Waals surface area contributed by atoms with Crippen molar-refractivity contribution in [2.24, 2.45) is 5.10 Å². The number of carbonyl (C=O) groups excluding carboxylic acids is 1. The SMILES string of the molecule is CCc1ccc(C2=NN(C(=O)COc3ccc(Cl)c(C)c3)[C@](O)(C(F)(F)F)C2)cc1. The van der Waals surface area contributed by atoms with Crippen molar-refractivity contribution in [2.75, 3.05) is 6.61 Å². The van der Waals surface area contributed by atoms with Crippen LogP contribution in [-0.4, -0.2) is 40.2 Å². The molecular weight excluding hydrogens is 421 g/mol. The summed E-state index contributed by atoms with van der Waals surface area (Å²) in [5.41, 5.74) is -1.39. The highest BCUT2D eigenvalue weighted by atomic mass is 35.5. The van der Waals surface area contributed by atoms with E-state index >= 15 is 0 Å². The van der Waals surface area contributed by atoms with E-state index < -0.39 is 30.8 Å². The molecule has 0 bridgehead atoms. The van der Waals surface area contributed by atoms with Crippen molar-refractivity contribution in [2.45, 2.75) is 38.6 Å². The van der Waals surface area contributed by atoms with Gasteiger partial charge in [0.1, 0.15) is 5.75 Å². The fourth-order valence-corrected chi connectivity index (χ4v) is 3.15. The van der Waals surface area contributed by atoms with Crippen molar-refractivity contribution in [3.05, 3.63) is 64.2 Å². The number of carbonyl (C=O) groups is 1. The zero-order chi connectivity index (χ0) is 22.1. The van der Waals surface area contributed by atoms with E-state index in [4.69, 9.17) is 16.3 Å². The number of hydrogen-bond acceptors (Lipinski definition) is 4. The highest BCUT2D eigenvalue weighted by Gasteiger charge is 2.63. The highest BCUT2D eigenvalue weighted by Crippen LogP contribution is 2.41. The van der Waals surface area contributed by atoms with Gasteiger partial charge in [-0.05, 0) is 48.2 Å². The summed E-state index contributed by atoms with van der Waals surface area (Å²) in [7, 11) is 0. The topological polar surface area (TPSA) is 62.1 Å². The molecule has 2 aromatic rings. The van der Waals surface area contributed by atoms with E-state index in [9.17, 15) is 23.1 Å². The number of hydrogen-bond donors (Lipinski definition) is 1. The Bertz CT molecular complexity index is 976. The number of ether oxygens (including phenoxy) is 1. The van der Waals surface area contributed by atoms with Crippen molar-refractivity contribution in [1.82, 2.24) is 5.01 Å². The lowest BCUT2D eigenvalue weighted by atomic mass is 9.99. The van der Waals surface area contributed by atoms with Crippen LogP contribution in [-0.2, 0) is 11.2 Å². The Morgan fingerprint density at radius 2 is 1.93 bits per heavy atom. The van der Waals surface area contributed by atoms with Gasteiger partial charge >= 0.3 is 6.18 Å². The van der Waals surface area contributed by atoms with Crippen LogP contribution >= 0.6 is 11.6 Å². The van der Waals surface area contributed by atoms with Crippen LogP contribution in [0, 0.1) is 6.92 Å². The molecule has 1 amide bonds. The van der Waals surface area contributed by atoms with E-state index in [-0.39, 0.29) is 16.5 Å². The van der Waals surface area contributed by atoms with Gasteiger partial charge in [0.2, 0.25) is 0 Å². The van der Waals surface area contributed by atoms with Crippen LogP contribution in [0.5, 0.6) is 5.75 Å². The van der Waals surface area contributed by atoms with Gasteiger partial charge in [-0.2, -0.15) is 23.3 Å². The number of aliphatic hydroxyl groups is 1. The average molecular weight is 441 g/mol. The average Bonchev–Trinajstić information content (AvgIpc) is 3.08. The predicted molar refractivity (Wildman–Crippen MR) is 107 cm³/mol. The minimum absolute atomic E-state index is 0.0341. The summed E-state index contributed by atoms with van der Waals surface area (Å²) in [5, 5.41) is 14.7. The molecule has 1 aliphatic heterocycles. The Hall–Kier alpha value is -2.58. The van der Waals surface area contributed by atoms with Gasteiger partial charge in [-0.25, -0.2) is 0 Å². The van der Waals surface area contributed by atoms with Crippen LogP contribution in [0.15, 0.2) is 47.6 Å². The van der Waals surface area contributed by atoms with Crippen molar-refractivity contribution >= 4 is 23.2 Å². The minimum Gasteiger partial charge on any atom is -0.484 e. The molecule has 0 radical (unpaired) electrons. The molecule has 3 rings (SSSR count). The molecule has 30 heavy (non-hydrogen) atoms. The third-order valence-electron chi connectivity index (χ3n) is 4.86. The van der Waals surface area contributed by atoms with Gasteiger partial charge < -0.3 is 9.84 Å². The molecular formula is C21H20ClF3N2O3. The lowest BCUT2D eigenvalue weighted by Crippen LogP contribution is -2.57. The largest absolute Gasteiger partial charge is 0.484 e. The number of aryl methyl sites for hydroxylation is 2. The second-order valence-electron chi connectivity index (χ2n) is 6.99. The maximum Gasteiger partial charge on any atom is 0.438 e. The van der Waals surface area contributed by atoms with Crippen LogP contribution in [0.4, 0.5) is 13.2 Å². The van der Waals surface area contributed by atoms with Crippen molar-refractivity contribution in [3.8, 4) is 5.75 Å². The van der Waals surface area contributed by atoms with E-state index in [1.165, 1.54) is 6.07 Å². The number of benzene rings is 2. The van der Waals surface area contributed by atoms with Gasteiger partial charge in [-0.3, -0.25) is 4.79 Å². The van der Waals surface area contributed by atoms with Gasteiger partial charge in [0.25, 0.3) is 11.6 Å². The fraction of sp³-hybridized carbons (Fsp3) is 0.333. The molecule has 160 valence electrons. The third kappa shape index (κ3) is 4.29. The zero-order valence-corrected chi connectivity index (χ0v) is 17.1. The van der Waals surface area contributed by atoms with Crippen LogP contribution in [0.3, 0.4) is 0 Å². The molecule has 1 aliphatic rings.